The molecule has 2 aromatic carbocycles. The van der Waals surface area contributed by atoms with E-state index in [0.717, 1.165) is 11.6 Å². The Morgan fingerprint density at radius 3 is 2.58 bits per heavy atom. The summed E-state index contributed by atoms with van der Waals surface area (Å²) in [6, 6.07) is 14.6. The van der Waals surface area contributed by atoms with Gasteiger partial charge in [0.15, 0.2) is 0 Å². The molecule has 2 rings (SSSR count). The molecule has 0 bridgehead atoms. The molecule has 0 aliphatic heterocycles. The van der Waals surface area contributed by atoms with Crippen LogP contribution in [-0.2, 0) is 6.54 Å². The maximum atomic E-state index is 5.97. The summed E-state index contributed by atoms with van der Waals surface area (Å²) in [5.41, 5.74) is 5.03. The van der Waals surface area contributed by atoms with Crippen LogP contribution in [0, 0.1) is 6.92 Å². The number of hydrogen-bond donors (Lipinski definition) is 1. The second-order valence-corrected chi connectivity index (χ2v) is 5.64. The molecule has 0 heterocycles. The molecule has 0 aliphatic rings. The van der Waals surface area contributed by atoms with Gasteiger partial charge in [0.05, 0.1) is 0 Å². The van der Waals surface area contributed by atoms with E-state index in [-0.39, 0.29) is 0 Å². The first-order chi connectivity index (χ1) is 9.06. The van der Waals surface area contributed by atoms with Crippen molar-refractivity contribution in [3.63, 3.8) is 0 Å². The van der Waals surface area contributed by atoms with E-state index in [2.05, 4.69) is 56.4 Å². The molecule has 0 atom stereocenters. The highest BCUT2D eigenvalue weighted by Crippen LogP contribution is 2.20. The Balaban J connectivity index is 2.08. The summed E-state index contributed by atoms with van der Waals surface area (Å²) in [4.78, 5) is 0. The molecule has 0 amide bonds. The smallest absolute Gasteiger partial charge is 0.0408 e. The zero-order valence-electron chi connectivity index (χ0n) is 11.7. The van der Waals surface area contributed by atoms with Crippen molar-refractivity contribution in [3.8, 4) is 0 Å². The lowest BCUT2D eigenvalue weighted by Gasteiger charge is -2.12. The lowest BCUT2D eigenvalue weighted by molar-refractivity contribution is 0.866. The van der Waals surface area contributed by atoms with Crippen molar-refractivity contribution in [1.82, 2.24) is 0 Å². The summed E-state index contributed by atoms with van der Waals surface area (Å²) in [6.45, 7) is 7.34. The first-order valence-corrected chi connectivity index (χ1v) is 7.03. The van der Waals surface area contributed by atoms with E-state index in [1.165, 1.54) is 22.4 Å². The summed E-state index contributed by atoms with van der Waals surface area (Å²) in [7, 11) is 0. The Morgan fingerprint density at radius 2 is 1.89 bits per heavy atom. The van der Waals surface area contributed by atoms with Gasteiger partial charge in [-0.05, 0) is 53.8 Å². The third-order valence-corrected chi connectivity index (χ3v) is 3.58. The highest BCUT2D eigenvalue weighted by atomic mass is 35.5. The fourth-order valence-corrected chi connectivity index (χ4v) is 2.29. The van der Waals surface area contributed by atoms with E-state index in [4.69, 9.17) is 11.6 Å². The fourth-order valence-electron chi connectivity index (χ4n) is 2.06. The number of halogens is 1. The number of rotatable bonds is 4. The van der Waals surface area contributed by atoms with Crippen molar-refractivity contribution >= 4 is 17.3 Å². The molecular formula is C17H20ClN. The molecular weight excluding hydrogens is 254 g/mol. The summed E-state index contributed by atoms with van der Waals surface area (Å²) >= 11 is 5.97. The quantitative estimate of drug-likeness (QED) is 0.788. The number of nitrogens with one attached hydrogen (secondary N) is 1. The second-order valence-electron chi connectivity index (χ2n) is 5.20. The van der Waals surface area contributed by atoms with Crippen LogP contribution >= 0.6 is 11.6 Å². The number of hydrogen-bond acceptors (Lipinski definition) is 1. The molecule has 0 spiro atoms. The van der Waals surface area contributed by atoms with Crippen molar-refractivity contribution in [2.24, 2.45) is 0 Å². The minimum atomic E-state index is 0.555. The van der Waals surface area contributed by atoms with Crippen LogP contribution in [0.1, 0.15) is 36.5 Å². The van der Waals surface area contributed by atoms with Crippen molar-refractivity contribution in [2.45, 2.75) is 33.2 Å². The molecule has 0 unspecified atom stereocenters. The summed E-state index contributed by atoms with van der Waals surface area (Å²) < 4.78 is 0. The molecule has 2 heteroatoms. The highest BCUT2D eigenvalue weighted by Gasteiger charge is 2.02. The van der Waals surface area contributed by atoms with E-state index in [9.17, 15) is 0 Å². The standard InChI is InChI=1S/C17H20ClN/c1-12(2)14-5-4-6-17(10-14)19-11-15-7-8-16(18)9-13(15)3/h4-10,12,19H,11H2,1-3H3. The minimum Gasteiger partial charge on any atom is -0.381 e. The SMILES string of the molecule is Cc1cc(Cl)ccc1CNc1cccc(C(C)C)c1. The molecule has 100 valence electrons. The summed E-state index contributed by atoms with van der Waals surface area (Å²) in [5, 5.41) is 4.27. The zero-order valence-corrected chi connectivity index (χ0v) is 12.5. The average molecular weight is 274 g/mol. The van der Waals surface area contributed by atoms with Crippen LogP contribution < -0.4 is 5.32 Å². The Bertz CT molecular complexity index is 561. The van der Waals surface area contributed by atoms with E-state index >= 15 is 0 Å². The van der Waals surface area contributed by atoms with Crippen LogP contribution in [0.2, 0.25) is 5.02 Å². The molecule has 2 aromatic rings. The maximum absolute atomic E-state index is 5.97. The molecule has 1 N–H and O–H groups in total. The van der Waals surface area contributed by atoms with Crippen molar-refractivity contribution < 1.29 is 0 Å². The Hall–Kier alpha value is -1.47. The third-order valence-electron chi connectivity index (χ3n) is 3.34. The van der Waals surface area contributed by atoms with Gasteiger partial charge in [0.2, 0.25) is 0 Å². The molecule has 0 fully saturated rings. The number of anilines is 1. The van der Waals surface area contributed by atoms with Gasteiger partial charge >= 0.3 is 0 Å². The Labute approximate surface area is 120 Å². The van der Waals surface area contributed by atoms with Gasteiger partial charge in [-0.25, -0.2) is 0 Å². The summed E-state index contributed by atoms with van der Waals surface area (Å²) in [6.07, 6.45) is 0. The van der Waals surface area contributed by atoms with Gasteiger partial charge in [-0.3, -0.25) is 0 Å². The lowest BCUT2D eigenvalue weighted by atomic mass is 10.0. The van der Waals surface area contributed by atoms with Gasteiger partial charge < -0.3 is 5.32 Å². The van der Waals surface area contributed by atoms with Gasteiger partial charge in [-0.2, -0.15) is 0 Å². The second kappa shape index (κ2) is 6.12. The van der Waals surface area contributed by atoms with Crippen LogP contribution in [0.4, 0.5) is 5.69 Å². The molecule has 0 saturated heterocycles. The molecule has 0 aromatic heterocycles. The van der Waals surface area contributed by atoms with E-state index in [1.54, 1.807) is 0 Å². The van der Waals surface area contributed by atoms with Crippen molar-refractivity contribution in [2.75, 3.05) is 5.32 Å². The van der Waals surface area contributed by atoms with Crippen LogP contribution in [0.3, 0.4) is 0 Å². The van der Waals surface area contributed by atoms with Crippen LogP contribution in [-0.4, -0.2) is 0 Å². The van der Waals surface area contributed by atoms with E-state index < -0.39 is 0 Å². The van der Waals surface area contributed by atoms with E-state index in [0.29, 0.717) is 5.92 Å². The molecule has 0 radical (unpaired) electrons. The molecule has 0 aliphatic carbocycles. The first kappa shape index (κ1) is 14.0. The van der Waals surface area contributed by atoms with Crippen molar-refractivity contribution in [1.29, 1.82) is 0 Å². The normalized spacial score (nSPS) is 10.8. The largest absolute Gasteiger partial charge is 0.381 e. The predicted molar refractivity (Wildman–Crippen MR) is 84.0 cm³/mol. The topological polar surface area (TPSA) is 12.0 Å². The zero-order chi connectivity index (χ0) is 13.8. The van der Waals surface area contributed by atoms with Gasteiger partial charge in [0, 0.05) is 17.3 Å². The summed E-state index contributed by atoms with van der Waals surface area (Å²) in [5.74, 6) is 0.555. The van der Waals surface area contributed by atoms with Gasteiger partial charge in [0.25, 0.3) is 0 Å². The molecule has 0 saturated carbocycles. The number of aryl methyl sites for hydroxylation is 1. The third kappa shape index (κ3) is 3.74. The maximum Gasteiger partial charge on any atom is 0.0408 e. The molecule has 19 heavy (non-hydrogen) atoms. The number of benzene rings is 2. The van der Waals surface area contributed by atoms with Crippen LogP contribution in [0.5, 0.6) is 0 Å². The van der Waals surface area contributed by atoms with Crippen molar-refractivity contribution in [3.05, 3.63) is 64.2 Å². The van der Waals surface area contributed by atoms with Crippen LogP contribution in [0.15, 0.2) is 42.5 Å². The monoisotopic (exact) mass is 273 g/mol. The molecule has 1 nitrogen and oxygen atoms in total. The Kier molecular flexibility index (Phi) is 4.49. The fraction of sp³-hybridized carbons (Fsp3) is 0.294. The first-order valence-electron chi connectivity index (χ1n) is 6.65. The Morgan fingerprint density at radius 1 is 1.11 bits per heavy atom. The van der Waals surface area contributed by atoms with E-state index in [1.807, 2.05) is 12.1 Å². The van der Waals surface area contributed by atoms with Gasteiger partial charge in [0.1, 0.15) is 0 Å². The lowest BCUT2D eigenvalue weighted by Crippen LogP contribution is -2.02. The highest BCUT2D eigenvalue weighted by molar-refractivity contribution is 6.30. The van der Waals surface area contributed by atoms with Crippen LogP contribution in [0.25, 0.3) is 0 Å². The minimum absolute atomic E-state index is 0.555. The predicted octanol–water partition coefficient (Wildman–Crippen LogP) is 5.38. The van der Waals surface area contributed by atoms with Gasteiger partial charge in [-0.1, -0.05) is 43.6 Å². The van der Waals surface area contributed by atoms with Gasteiger partial charge in [-0.15, -0.1) is 0 Å². The average Bonchev–Trinajstić information content (AvgIpc) is 2.38.